The van der Waals surface area contributed by atoms with E-state index in [0.29, 0.717) is 26.2 Å². The first-order valence-electron chi connectivity index (χ1n) is 6.92. The normalized spacial score (nSPS) is 18.5. The largest absolute Gasteiger partial charge is 0.431 e. The Hall–Kier alpha value is -2.38. The first kappa shape index (κ1) is 13.6. The lowest BCUT2D eigenvalue weighted by Crippen LogP contribution is -2.48. The number of carbonyl (C=O) groups is 3. The van der Waals surface area contributed by atoms with Gasteiger partial charge >= 0.3 is 6.01 Å². The molecule has 3 amide bonds. The van der Waals surface area contributed by atoms with Crippen LogP contribution >= 0.6 is 0 Å². The van der Waals surface area contributed by atoms with Crippen LogP contribution in [0.3, 0.4) is 0 Å². The maximum Gasteiger partial charge on any atom is 0.302 e. The molecule has 2 fully saturated rings. The molecule has 0 bridgehead atoms. The van der Waals surface area contributed by atoms with Gasteiger partial charge in [-0.3, -0.25) is 19.7 Å². The summed E-state index contributed by atoms with van der Waals surface area (Å²) in [5.41, 5.74) is 0.167. The van der Waals surface area contributed by atoms with Crippen molar-refractivity contribution in [3.05, 3.63) is 12.0 Å². The van der Waals surface area contributed by atoms with E-state index in [0.717, 1.165) is 19.3 Å². The minimum atomic E-state index is -0.254. The molecule has 0 spiro atoms. The van der Waals surface area contributed by atoms with E-state index in [2.05, 4.69) is 10.3 Å². The average molecular weight is 292 g/mol. The first-order valence-corrected chi connectivity index (χ1v) is 6.92. The van der Waals surface area contributed by atoms with Crippen LogP contribution in [0, 0.1) is 5.92 Å². The SMILES string of the molecule is O=CN1CCN(C(=O)c2coc(NC(=O)C3CC3)n2)CC1. The summed E-state index contributed by atoms with van der Waals surface area (Å²) in [6, 6.07) is 0.0572. The van der Waals surface area contributed by atoms with Gasteiger partial charge in [-0.1, -0.05) is 0 Å². The molecule has 0 radical (unpaired) electrons. The number of amides is 3. The van der Waals surface area contributed by atoms with Crippen molar-refractivity contribution in [1.82, 2.24) is 14.8 Å². The molecule has 3 rings (SSSR count). The third kappa shape index (κ3) is 3.04. The number of nitrogens with one attached hydrogen (secondary N) is 1. The van der Waals surface area contributed by atoms with E-state index >= 15 is 0 Å². The molecule has 1 aliphatic heterocycles. The fourth-order valence-electron chi connectivity index (χ4n) is 2.17. The Morgan fingerprint density at radius 2 is 2.00 bits per heavy atom. The Labute approximate surface area is 121 Å². The number of carbonyl (C=O) groups excluding carboxylic acids is 3. The fraction of sp³-hybridized carbons (Fsp3) is 0.538. The number of nitrogens with zero attached hydrogens (tertiary/aromatic N) is 3. The molecule has 1 aliphatic carbocycles. The number of piperazine rings is 1. The van der Waals surface area contributed by atoms with Gasteiger partial charge < -0.3 is 14.2 Å². The third-order valence-corrected chi connectivity index (χ3v) is 3.65. The number of anilines is 1. The van der Waals surface area contributed by atoms with Crippen LogP contribution in [-0.4, -0.2) is 59.2 Å². The van der Waals surface area contributed by atoms with Gasteiger partial charge in [0.1, 0.15) is 6.26 Å². The van der Waals surface area contributed by atoms with Crippen molar-refractivity contribution < 1.29 is 18.8 Å². The first-order chi connectivity index (χ1) is 10.2. The second kappa shape index (κ2) is 5.55. The molecule has 0 atom stereocenters. The molecule has 2 heterocycles. The van der Waals surface area contributed by atoms with Gasteiger partial charge in [-0.15, -0.1) is 0 Å². The zero-order chi connectivity index (χ0) is 14.8. The van der Waals surface area contributed by atoms with Crippen LogP contribution in [0.15, 0.2) is 10.7 Å². The molecule has 1 aromatic rings. The van der Waals surface area contributed by atoms with Crippen LogP contribution in [0.2, 0.25) is 0 Å². The van der Waals surface area contributed by atoms with Gasteiger partial charge in [0, 0.05) is 32.1 Å². The van der Waals surface area contributed by atoms with Gasteiger partial charge in [0.25, 0.3) is 5.91 Å². The second-order valence-electron chi connectivity index (χ2n) is 5.24. The molecule has 2 aliphatic rings. The number of rotatable bonds is 4. The zero-order valence-corrected chi connectivity index (χ0v) is 11.4. The standard InChI is InChI=1S/C13H16N4O4/c18-8-16-3-5-17(6-4-16)12(20)10-7-21-13(14-10)15-11(19)9-1-2-9/h7-9H,1-6H2,(H,14,15,19). The highest BCUT2D eigenvalue weighted by atomic mass is 16.4. The molecule has 1 saturated heterocycles. The Kier molecular flexibility index (Phi) is 3.59. The second-order valence-corrected chi connectivity index (χ2v) is 5.24. The number of aromatic nitrogens is 1. The average Bonchev–Trinajstić information content (AvgIpc) is 3.27. The van der Waals surface area contributed by atoms with E-state index < -0.39 is 0 Å². The van der Waals surface area contributed by atoms with Crippen molar-refractivity contribution in [3.8, 4) is 0 Å². The zero-order valence-electron chi connectivity index (χ0n) is 11.4. The van der Waals surface area contributed by atoms with Gasteiger partial charge in [0.05, 0.1) is 0 Å². The summed E-state index contributed by atoms with van der Waals surface area (Å²) < 4.78 is 5.11. The molecule has 21 heavy (non-hydrogen) atoms. The van der Waals surface area contributed by atoms with E-state index in [-0.39, 0.29) is 29.4 Å². The molecule has 1 N–H and O–H groups in total. The Morgan fingerprint density at radius 1 is 1.29 bits per heavy atom. The van der Waals surface area contributed by atoms with Crippen LogP contribution in [0.5, 0.6) is 0 Å². The van der Waals surface area contributed by atoms with Crippen LogP contribution in [0.4, 0.5) is 6.01 Å². The van der Waals surface area contributed by atoms with Crippen LogP contribution in [0.1, 0.15) is 23.3 Å². The molecule has 8 nitrogen and oxygen atoms in total. The number of oxazole rings is 1. The summed E-state index contributed by atoms with van der Waals surface area (Å²) in [6.07, 6.45) is 3.80. The van der Waals surface area contributed by atoms with E-state index in [4.69, 9.17) is 4.42 Å². The Morgan fingerprint density at radius 3 is 2.62 bits per heavy atom. The van der Waals surface area contributed by atoms with Gasteiger partial charge in [-0.25, -0.2) is 0 Å². The highest BCUT2D eigenvalue weighted by molar-refractivity contribution is 5.94. The summed E-state index contributed by atoms with van der Waals surface area (Å²) in [5, 5.41) is 2.56. The maximum atomic E-state index is 12.2. The number of hydrogen-bond donors (Lipinski definition) is 1. The summed E-state index contributed by atoms with van der Waals surface area (Å²) in [5.74, 6) is -0.320. The molecular weight excluding hydrogens is 276 g/mol. The van der Waals surface area contributed by atoms with Crippen molar-refractivity contribution in [3.63, 3.8) is 0 Å². The van der Waals surface area contributed by atoms with E-state index in [1.54, 1.807) is 9.80 Å². The lowest BCUT2D eigenvalue weighted by Gasteiger charge is -2.31. The van der Waals surface area contributed by atoms with E-state index in [1.807, 2.05) is 0 Å². The maximum absolute atomic E-state index is 12.2. The predicted molar refractivity (Wildman–Crippen MR) is 71.4 cm³/mol. The minimum absolute atomic E-state index is 0.0486. The summed E-state index contributed by atoms with van der Waals surface area (Å²) >= 11 is 0. The van der Waals surface area contributed by atoms with Gasteiger partial charge in [-0.2, -0.15) is 4.98 Å². The molecule has 0 unspecified atom stereocenters. The minimum Gasteiger partial charge on any atom is -0.431 e. The van der Waals surface area contributed by atoms with Crippen molar-refractivity contribution in [1.29, 1.82) is 0 Å². The summed E-state index contributed by atoms with van der Waals surface area (Å²) in [4.78, 5) is 41.7. The van der Waals surface area contributed by atoms with Crippen LogP contribution in [0.25, 0.3) is 0 Å². The molecular formula is C13H16N4O4. The monoisotopic (exact) mass is 292 g/mol. The van der Waals surface area contributed by atoms with E-state index in [1.165, 1.54) is 6.26 Å². The molecule has 112 valence electrons. The highest BCUT2D eigenvalue weighted by Gasteiger charge is 2.31. The smallest absolute Gasteiger partial charge is 0.302 e. The topological polar surface area (TPSA) is 95.8 Å². The van der Waals surface area contributed by atoms with Crippen molar-refractivity contribution in [2.24, 2.45) is 5.92 Å². The van der Waals surface area contributed by atoms with E-state index in [9.17, 15) is 14.4 Å². The van der Waals surface area contributed by atoms with Crippen molar-refractivity contribution >= 4 is 24.2 Å². The fourth-order valence-corrected chi connectivity index (χ4v) is 2.17. The van der Waals surface area contributed by atoms with Crippen LogP contribution < -0.4 is 5.32 Å². The van der Waals surface area contributed by atoms with Crippen LogP contribution in [-0.2, 0) is 9.59 Å². The van der Waals surface area contributed by atoms with Crippen molar-refractivity contribution in [2.75, 3.05) is 31.5 Å². The lowest BCUT2D eigenvalue weighted by atomic mass is 10.3. The Bertz CT molecular complexity index is 558. The molecule has 1 aromatic heterocycles. The van der Waals surface area contributed by atoms with Gasteiger partial charge in [0.2, 0.25) is 12.3 Å². The summed E-state index contributed by atoms with van der Waals surface area (Å²) in [7, 11) is 0. The molecule has 0 aromatic carbocycles. The molecule has 1 saturated carbocycles. The summed E-state index contributed by atoms with van der Waals surface area (Å²) in [6.45, 7) is 1.96. The third-order valence-electron chi connectivity index (χ3n) is 3.65. The molecule has 8 heteroatoms. The quantitative estimate of drug-likeness (QED) is 0.784. The predicted octanol–water partition coefficient (Wildman–Crippen LogP) is -0.0627. The van der Waals surface area contributed by atoms with Gasteiger partial charge in [0.15, 0.2) is 5.69 Å². The lowest BCUT2D eigenvalue weighted by molar-refractivity contribution is -0.119. The van der Waals surface area contributed by atoms with Gasteiger partial charge in [-0.05, 0) is 12.8 Å². The highest BCUT2D eigenvalue weighted by Crippen LogP contribution is 2.30. The Balaban J connectivity index is 1.58. The van der Waals surface area contributed by atoms with Crippen molar-refractivity contribution in [2.45, 2.75) is 12.8 Å². The number of hydrogen-bond acceptors (Lipinski definition) is 5.